The summed E-state index contributed by atoms with van der Waals surface area (Å²) < 4.78 is 62.2. The van der Waals surface area contributed by atoms with Crippen LogP contribution in [0.3, 0.4) is 0 Å². The number of nitrogen functional groups attached to an aromatic ring is 1. The molecule has 1 saturated heterocycles. The summed E-state index contributed by atoms with van der Waals surface area (Å²) in [6, 6.07) is 0. The van der Waals surface area contributed by atoms with E-state index in [1.54, 1.807) is 6.08 Å². The first-order valence-corrected chi connectivity index (χ1v) is 24.8. The normalized spacial score (nSPS) is 20.6. The largest absolute Gasteiger partial charge is 0.481 e. The first kappa shape index (κ1) is 54.1. The Bertz CT molecular complexity index is 2040. The van der Waals surface area contributed by atoms with Crippen LogP contribution in [0.5, 0.6) is 0 Å². The smallest absolute Gasteiger partial charge is 0.481 e. The number of thioether (sulfide) groups is 1. The summed E-state index contributed by atoms with van der Waals surface area (Å²) >= 11 is 1.09. The zero-order chi connectivity index (χ0) is 47.0. The highest BCUT2D eigenvalue weighted by atomic mass is 32.2. The maximum absolute atomic E-state index is 12.7. The van der Waals surface area contributed by atoms with Gasteiger partial charge >= 0.3 is 29.4 Å². The number of hydrogen-bond donors (Lipinski definition) is 10. The van der Waals surface area contributed by atoms with Crippen molar-refractivity contribution >= 4 is 75.1 Å². The number of aliphatic hydroxyl groups excluding tert-OH is 2. The number of carbonyl (C=O) groups is 4. The van der Waals surface area contributed by atoms with Crippen LogP contribution in [0.2, 0.25) is 0 Å². The number of aromatic nitrogens is 4. The molecule has 7 atom stereocenters. The number of phosphoric ester groups is 3. The molecule has 26 nitrogen and oxygen atoms in total. The fraction of sp³-hybridized carbons (Fsp3) is 0.667. The number of nitrogens with zero attached hydrogens (tertiary/aromatic N) is 4. The molecule has 2 aromatic rings. The molecular weight excluding hydrogens is 923 g/mol. The Kier molecular flexibility index (Phi) is 21.4. The molecule has 0 saturated carbocycles. The molecule has 2 amide bonds. The summed E-state index contributed by atoms with van der Waals surface area (Å²) in [7, 11) is -16.4. The summed E-state index contributed by atoms with van der Waals surface area (Å²) in [6.45, 7) is 0.442. The molecule has 63 heavy (non-hydrogen) atoms. The maximum atomic E-state index is 12.7. The van der Waals surface area contributed by atoms with Crippen LogP contribution in [0.1, 0.15) is 77.9 Å². The zero-order valence-corrected chi connectivity index (χ0v) is 37.7. The van der Waals surface area contributed by atoms with E-state index < -0.39 is 90.5 Å². The van der Waals surface area contributed by atoms with Crippen molar-refractivity contribution in [1.82, 2.24) is 30.2 Å². The standard InChI is InChI=1S/C33H54N7O19P3S/c1-33(2,28(46)31(47)36-14-13-22(41)35-15-16-63-24(44)12-10-8-6-4-3-5-7-9-11-23(42)43)18-56-62(53,54)59-61(51,52)55-17-21-27(58-60(48,49)50)26(45)32(57-21)40-20-39-25-29(34)37-19-38-30(25)40/h7,9,19-21,26-28,32,45-46H,3-6,8,10-18H2,1-2H3,(H,35,41)(H,36,47)(H,42,43)(H,51,52)(H,53,54)(H2,34,37,38)(H2,48,49,50)/b9-7+. The Morgan fingerprint density at radius 3 is 2.35 bits per heavy atom. The van der Waals surface area contributed by atoms with E-state index in [4.69, 9.17) is 24.6 Å². The Balaban J connectivity index is 1.36. The molecule has 2 aromatic heterocycles. The van der Waals surface area contributed by atoms with E-state index in [2.05, 4.69) is 34.4 Å². The third kappa shape index (κ3) is 19.0. The van der Waals surface area contributed by atoms with Gasteiger partial charge in [0.2, 0.25) is 11.8 Å². The number of imidazole rings is 1. The molecule has 7 unspecified atom stereocenters. The fourth-order valence-electron chi connectivity index (χ4n) is 5.73. The molecule has 11 N–H and O–H groups in total. The van der Waals surface area contributed by atoms with Crippen LogP contribution in [0.4, 0.5) is 5.82 Å². The molecule has 0 bridgehead atoms. The van der Waals surface area contributed by atoms with Crippen LogP contribution in [0, 0.1) is 5.41 Å². The number of aliphatic hydroxyl groups is 2. The van der Waals surface area contributed by atoms with Crippen molar-refractivity contribution < 1.29 is 90.4 Å². The summed E-state index contributed by atoms with van der Waals surface area (Å²) in [5.74, 6) is -2.00. The number of rotatable bonds is 29. The number of carbonyl (C=O) groups excluding carboxylic acids is 3. The van der Waals surface area contributed by atoms with Crippen LogP contribution >= 0.6 is 35.2 Å². The molecule has 3 rings (SSSR count). The van der Waals surface area contributed by atoms with Crippen LogP contribution in [-0.4, -0.2) is 134 Å². The topological polar surface area (TPSA) is 401 Å². The molecule has 0 radical (unpaired) electrons. The lowest BCUT2D eigenvalue weighted by atomic mass is 9.87. The van der Waals surface area contributed by atoms with Gasteiger partial charge in [-0.05, 0) is 19.3 Å². The van der Waals surface area contributed by atoms with Crippen molar-refractivity contribution in [3.63, 3.8) is 0 Å². The summed E-state index contributed by atoms with van der Waals surface area (Å²) in [5, 5.41) is 35.0. The van der Waals surface area contributed by atoms with Gasteiger partial charge in [0.25, 0.3) is 0 Å². The first-order valence-electron chi connectivity index (χ1n) is 19.3. The second-order valence-corrected chi connectivity index (χ2v) is 20.1. The van der Waals surface area contributed by atoms with Gasteiger partial charge in [-0.1, -0.05) is 57.0 Å². The Morgan fingerprint density at radius 1 is 0.968 bits per heavy atom. The lowest BCUT2D eigenvalue weighted by Gasteiger charge is -2.30. The highest BCUT2D eigenvalue weighted by Gasteiger charge is 2.50. The Morgan fingerprint density at radius 2 is 1.65 bits per heavy atom. The van der Waals surface area contributed by atoms with Crippen LogP contribution in [-0.2, 0) is 55.5 Å². The molecule has 1 fully saturated rings. The number of fused-ring (bicyclic) bond motifs is 1. The summed E-state index contributed by atoms with van der Waals surface area (Å²) in [6.07, 6.45) is 2.26. The van der Waals surface area contributed by atoms with Gasteiger partial charge in [-0.2, -0.15) is 4.31 Å². The van der Waals surface area contributed by atoms with Gasteiger partial charge in [0.15, 0.2) is 22.8 Å². The number of unbranched alkanes of at least 4 members (excludes halogenated alkanes) is 5. The van der Waals surface area contributed by atoms with E-state index >= 15 is 0 Å². The molecule has 1 aliphatic rings. The number of ether oxygens (including phenoxy) is 1. The number of carboxylic acid groups (broad SMARTS) is 1. The lowest BCUT2D eigenvalue weighted by molar-refractivity contribution is -0.137. The van der Waals surface area contributed by atoms with Crippen molar-refractivity contribution in [2.24, 2.45) is 5.41 Å². The van der Waals surface area contributed by atoms with E-state index in [9.17, 15) is 62.7 Å². The van der Waals surface area contributed by atoms with E-state index in [0.29, 0.717) is 12.2 Å². The van der Waals surface area contributed by atoms with Crippen molar-refractivity contribution in [3.05, 3.63) is 24.8 Å². The molecule has 0 spiro atoms. The van der Waals surface area contributed by atoms with Gasteiger partial charge < -0.3 is 56.0 Å². The first-order chi connectivity index (χ1) is 29.4. The van der Waals surface area contributed by atoms with Gasteiger partial charge in [-0.15, -0.1) is 0 Å². The molecule has 30 heteroatoms. The number of anilines is 1. The average Bonchev–Trinajstić information content (AvgIpc) is 3.75. The number of carboxylic acids is 1. The monoisotopic (exact) mass is 977 g/mol. The molecule has 0 aromatic carbocycles. The predicted octanol–water partition coefficient (Wildman–Crippen LogP) is 1.43. The lowest BCUT2D eigenvalue weighted by Crippen LogP contribution is -2.46. The predicted molar refractivity (Wildman–Crippen MR) is 221 cm³/mol. The van der Waals surface area contributed by atoms with Gasteiger partial charge in [-0.25, -0.2) is 28.6 Å². The van der Waals surface area contributed by atoms with E-state index in [1.165, 1.54) is 13.8 Å². The summed E-state index contributed by atoms with van der Waals surface area (Å²) in [4.78, 5) is 98.4. The van der Waals surface area contributed by atoms with Gasteiger partial charge in [0.05, 0.1) is 26.0 Å². The summed E-state index contributed by atoms with van der Waals surface area (Å²) in [5.41, 5.74) is 4.24. The number of hydrogen-bond acceptors (Lipinski definition) is 19. The Hall–Kier alpha value is -3.23. The van der Waals surface area contributed by atoms with E-state index in [-0.39, 0.29) is 48.0 Å². The van der Waals surface area contributed by atoms with Crippen molar-refractivity contribution in [2.75, 3.05) is 37.8 Å². The quantitative estimate of drug-likeness (QED) is 0.0313. The number of phosphoric acid groups is 3. The third-order valence-electron chi connectivity index (χ3n) is 8.98. The van der Waals surface area contributed by atoms with Gasteiger partial charge in [0.1, 0.15) is 36.3 Å². The van der Waals surface area contributed by atoms with Crippen LogP contribution in [0.25, 0.3) is 11.2 Å². The molecule has 356 valence electrons. The Labute approximate surface area is 365 Å². The SMILES string of the molecule is CC(C)(COP(=O)(O)OP(=O)(O)OCC1OC(n2cnc3c(N)ncnc32)C(O)C1OP(=O)(O)O)C(O)C(=O)NCCC(=O)NCCSC(=O)CCCCCCC/C=C/CC(=O)O. The van der Waals surface area contributed by atoms with Crippen molar-refractivity contribution in [3.8, 4) is 0 Å². The van der Waals surface area contributed by atoms with Crippen LogP contribution < -0.4 is 16.4 Å². The second-order valence-electron chi connectivity index (χ2n) is 14.7. The third-order valence-corrected chi connectivity index (χ3v) is 13.0. The molecular formula is C33H54N7O19P3S. The number of aliphatic carboxylic acids is 1. The highest BCUT2D eigenvalue weighted by molar-refractivity contribution is 8.13. The zero-order valence-electron chi connectivity index (χ0n) is 34.2. The van der Waals surface area contributed by atoms with Crippen molar-refractivity contribution in [1.29, 1.82) is 0 Å². The van der Waals surface area contributed by atoms with Gasteiger partial charge in [-0.3, -0.25) is 37.3 Å². The van der Waals surface area contributed by atoms with E-state index in [1.807, 2.05) is 6.08 Å². The van der Waals surface area contributed by atoms with Crippen molar-refractivity contribution in [2.45, 2.75) is 102 Å². The molecule has 1 aliphatic heterocycles. The minimum Gasteiger partial charge on any atom is -0.481 e. The molecule has 3 heterocycles. The minimum atomic E-state index is -5.58. The highest BCUT2D eigenvalue weighted by Crippen LogP contribution is 2.61. The minimum absolute atomic E-state index is 0.00205. The number of nitrogens with one attached hydrogen (secondary N) is 2. The number of amides is 2. The second kappa shape index (κ2) is 24.9. The average molecular weight is 978 g/mol. The number of nitrogens with two attached hydrogens (primary N) is 1. The maximum Gasteiger partial charge on any atom is 0.481 e. The van der Waals surface area contributed by atoms with E-state index in [0.717, 1.165) is 67.5 Å². The fourth-order valence-corrected chi connectivity index (χ4v) is 9.28. The molecule has 0 aliphatic carbocycles. The number of allylic oxidation sites excluding steroid dienone is 1. The van der Waals surface area contributed by atoms with Crippen LogP contribution in [0.15, 0.2) is 24.8 Å². The van der Waals surface area contributed by atoms with Gasteiger partial charge in [0, 0.05) is 37.1 Å².